The molecule has 0 aromatic heterocycles. The van der Waals surface area contributed by atoms with E-state index >= 15 is 0 Å². The van der Waals surface area contributed by atoms with Crippen LogP contribution in [0.1, 0.15) is 81.2 Å². The van der Waals surface area contributed by atoms with Crippen LogP contribution in [-0.4, -0.2) is 90.2 Å². The molecule has 2 fully saturated rings. The summed E-state index contributed by atoms with van der Waals surface area (Å²) in [5.74, 6) is 0.550. The number of anilines is 1. The van der Waals surface area contributed by atoms with Gasteiger partial charge in [-0.1, -0.05) is 74.0 Å². The molecule has 6 rings (SSSR count). The number of rotatable bonds is 10. The zero-order valence-corrected chi connectivity index (χ0v) is 31.9. The quantitative estimate of drug-likeness (QED) is 0.239. The van der Waals surface area contributed by atoms with Crippen molar-refractivity contribution in [2.75, 3.05) is 50.7 Å². The topological polar surface area (TPSA) is 68.4 Å². The Balaban J connectivity index is 1.18. The second kappa shape index (κ2) is 16.4. The van der Waals surface area contributed by atoms with Gasteiger partial charge in [0.2, 0.25) is 5.91 Å². The van der Waals surface area contributed by atoms with Crippen LogP contribution in [-0.2, 0) is 35.5 Å². The maximum Gasteiger partial charge on any atom is 0.410 e. The van der Waals surface area contributed by atoms with Crippen LogP contribution in [0.3, 0.4) is 0 Å². The van der Waals surface area contributed by atoms with E-state index in [2.05, 4.69) is 59.3 Å². The number of halogens is 1. The lowest BCUT2D eigenvalue weighted by molar-refractivity contribution is -0.133. The Bertz CT molecular complexity index is 1640. The highest BCUT2D eigenvalue weighted by Gasteiger charge is 2.35. The lowest BCUT2D eigenvalue weighted by Gasteiger charge is -2.40. The zero-order valence-electron chi connectivity index (χ0n) is 31.2. The fraction of sp³-hybridized carbons (Fsp3) is 0.524. The van der Waals surface area contributed by atoms with E-state index in [0.717, 1.165) is 30.8 Å². The Morgan fingerprint density at radius 1 is 0.902 bits per heavy atom. The molecule has 2 atom stereocenters. The summed E-state index contributed by atoms with van der Waals surface area (Å²) < 4.78 is 5.86. The third-order valence-corrected chi connectivity index (χ3v) is 10.8. The average molecular weight is 714 g/mol. The van der Waals surface area contributed by atoms with Crippen molar-refractivity contribution in [3.8, 4) is 0 Å². The fourth-order valence-corrected chi connectivity index (χ4v) is 7.75. The number of hydrogen-bond donors (Lipinski definition) is 1. The van der Waals surface area contributed by atoms with Crippen molar-refractivity contribution in [1.29, 1.82) is 0 Å². The van der Waals surface area contributed by atoms with Gasteiger partial charge in [0.05, 0.1) is 12.1 Å². The van der Waals surface area contributed by atoms with E-state index in [1.807, 2.05) is 67.0 Å². The molecule has 0 radical (unpaired) electrons. The summed E-state index contributed by atoms with van der Waals surface area (Å²) in [6.45, 7) is 17.4. The predicted octanol–water partition coefficient (Wildman–Crippen LogP) is 7.27. The molecule has 3 aromatic carbocycles. The third kappa shape index (κ3) is 9.65. The number of nitrogens with zero attached hydrogens (tertiary/aromatic N) is 4. The molecule has 3 aliphatic heterocycles. The fourth-order valence-electron chi connectivity index (χ4n) is 7.62. The summed E-state index contributed by atoms with van der Waals surface area (Å²) in [4.78, 5) is 36.8. The molecular formula is C42H56ClN5O3. The van der Waals surface area contributed by atoms with E-state index in [0.29, 0.717) is 50.0 Å². The van der Waals surface area contributed by atoms with Crippen molar-refractivity contribution < 1.29 is 14.3 Å². The van der Waals surface area contributed by atoms with E-state index in [-0.39, 0.29) is 18.0 Å². The Hall–Kier alpha value is -3.59. The first-order valence-corrected chi connectivity index (χ1v) is 19.2. The first kappa shape index (κ1) is 37.2. The van der Waals surface area contributed by atoms with E-state index in [1.165, 1.54) is 48.3 Å². The van der Waals surface area contributed by atoms with Crippen LogP contribution in [0.4, 0.5) is 10.5 Å². The van der Waals surface area contributed by atoms with Gasteiger partial charge in [-0.15, -0.1) is 0 Å². The molecule has 1 N–H and O–H groups in total. The number of carbonyl (C=O) groups is 2. The highest BCUT2D eigenvalue weighted by molar-refractivity contribution is 6.30. The standard InChI is InChI=1S/C42H56ClN5O3/c1-30(2)32-14-15-35(28-45-18-8-9-19-45)39(26-32)46-20-22-47(23-21-46)40(49)38(24-31-12-16-36(43)17-13-31)44-27-37-25-33-10-6-7-11-34(33)29-48(37)41(50)51-42(3,4)5/h6-7,10-17,26,30,37-38,44H,8-9,18-25,27-29H2,1-5H3. The monoisotopic (exact) mass is 713 g/mol. The molecule has 0 bridgehead atoms. The number of amides is 2. The summed E-state index contributed by atoms with van der Waals surface area (Å²) in [6.07, 6.45) is 3.45. The molecular weight excluding hydrogens is 658 g/mol. The number of benzene rings is 3. The van der Waals surface area contributed by atoms with Gasteiger partial charge in [-0.25, -0.2) is 4.79 Å². The van der Waals surface area contributed by atoms with Gasteiger partial charge in [0.1, 0.15) is 5.60 Å². The number of nitrogens with one attached hydrogen (secondary N) is 1. The third-order valence-electron chi connectivity index (χ3n) is 10.5. The molecule has 2 unspecified atom stereocenters. The molecule has 3 aliphatic rings. The molecule has 51 heavy (non-hydrogen) atoms. The van der Waals surface area contributed by atoms with Crippen LogP contribution < -0.4 is 10.2 Å². The molecule has 9 heteroatoms. The van der Waals surface area contributed by atoms with E-state index in [1.54, 1.807) is 0 Å². The Morgan fingerprint density at radius 3 is 2.25 bits per heavy atom. The molecule has 0 saturated carbocycles. The normalized spacial score (nSPS) is 19.0. The van der Waals surface area contributed by atoms with Gasteiger partial charge in [-0.2, -0.15) is 0 Å². The van der Waals surface area contributed by atoms with Gasteiger partial charge in [-0.05, 0) is 111 Å². The second-order valence-electron chi connectivity index (χ2n) is 15.9. The Kier molecular flexibility index (Phi) is 11.9. The van der Waals surface area contributed by atoms with E-state index in [9.17, 15) is 9.59 Å². The molecule has 0 spiro atoms. The van der Waals surface area contributed by atoms with Gasteiger partial charge in [0.15, 0.2) is 0 Å². The number of fused-ring (bicyclic) bond motifs is 1. The Morgan fingerprint density at radius 2 is 1.59 bits per heavy atom. The van der Waals surface area contributed by atoms with Gasteiger partial charge in [-0.3, -0.25) is 14.6 Å². The zero-order chi connectivity index (χ0) is 36.1. The summed E-state index contributed by atoms with van der Waals surface area (Å²) >= 11 is 6.23. The second-order valence-corrected chi connectivity index (χ2v) is 16.3. The van der Waals surface area contributed by atoms with Crippen molar-refractivity contribution in [1.82, 2.24) is 20.0 Å². The van der Waals surface area contributed by atoms with Crippen LogP contribution in [0.5, 0.6) is 0 Å². The maximum absolute atomic E-state index is 14.4. The SMILES string of the molecule is CC(C)c1ccc(CN2CCCC2)c(N2CCN(C(=O)C(Cc3ccc(Cl)cc3)NCC3Cc4ccccc4CN3C(=O)OC(C)(C)C)CC2)c1. The number of ether oxygens (including phenoxy) is 1. The molecule has 0 aliphatic carbocycles. The van der Waals surface area contributed by atoms with Crippen molar-refractivity contribution in [3.63, 3.8) is 0 Å². The van der Waals surface area contributed by atoms with Crippen LogP contribution in [0.15, 0.2) is 66.7 Å². The Labute approximate surface area is 310 Å². The number of hydrogen-bond acceptors (Lipinski definition) is 6. The molecule has 3 heterocycles. The number of piperazine rings is 1. The van der Waals surface area contributed by atoms with Crippen LogP contribution >= 0.6 is 11.6 Å². The molecule has 2 saturated heterocycles. The van der Waals surface area contributed by atoms with Gasteiger partial charge in [0.25, 0.3) is 0 Å². The van der Waals surface area contributed by atoms with Crippen molar-refractivity contribution in [2.24, 2.45) is 0 Å². The first-order chi connectivity index (χ1) is 24.4. The van der Waals surface area contributed by atoms with Crippen molar-refractivity contribution in [2.45, 2.75) is 97.0 Å². The van der Waals surface area contributed by atoms with Gasteiger partial charge < -0.3 is 19.9 Å². The highest BCUT2D eigenvalue weighted by atomic mass is 35.5. The molecule has 8 nitrogen and oxygen atoms in total. The number of carbonyl (C=O) groups excluding carboxylic acids is 2. The van der Waals surface area contributed by atoms with Gasteiger partial charge in [0, 0.05) is 56.5 Å². The molecule has 3 aromatic rings. The van der Waals surface area contributed by atoms with Crippen LogP contribution in [0, 0.1) is 0 Å². The van der Waals surface area contributed by atoms with Crippen LogP contribution in [0.25, 0.3) is 0 Å². The summed E-state index contributed by atoms with van der Waals surface area (Å²) in [5, 5.41) is 4.32. The van der Waals surface area contributed by atoms with Gasteiger partial charge >= 0.3 is 6.09 Å². The smallest absolute Gasteiger partial charge is 0.410 e. The van der Waals surface area contributed by atoms with Crippen LogP contribution in [0.2, 0.25) is 5.02 Å². The lowest BCUT2D eigenvalue weighted by Crippen LogP contribution is -2.57. The average Bonchev–Trinajstić information content (AvgIpc) is 3.63. The maximum atomic E-state index is 14.4. The minimum absolute atomic E-state index is 0.0952. The summed E-state index contributed by atoms with van der Waals surface area (Å²) in [5.41, 5.74) is 6.85. The lowest BCUT2D eigenvalue weighted by atomic mass is 9.93. The minimum atomic E-state index is -0.605. The number of likely N-dealkylation sites (tertiary alicyclic amines) is 1. The predicted molar refractivity (Wildman–Crippen MR) is 206 cm³/mol. The minimum Gasteiger partial charge on any atom is -0.444 e. The molecule has 274 valence electrons. The molecule has 2 amide bonds. The summed E-state index contributed by atoms with van der Waals surface area (Å²) in [6, 6.07) is 22.4. The van der Waals surface area contributed by atoms with E-state index in [4.69, 9.17) is 16.3 Å². The van der Waals surface area contributed by atoms with Crippen molar-refractivity contribution in [3.05, 3.63) is 99.6 Å². The first-order valence-electron chi connectivity index (χ1n) is 18.9. The largest absolute Gasteiger partial charge is 0.444 e. The van der Waals surface area contributed by atoms with E-state index < -0.39 is 11.6 Å². The highest BCUT2D eigenvalue weighted by Crippen LogP contribution is 2.30. The van der Waals surface area contributed by atoms with Crippen molar-refractivity contribution >= 4 is 29.3 Å². The summed E-state index contributed by atoms with van der Waals surface area (Å²) in [7, 11) is 0.